The molecule has 0 aliphatic heterocycles. The molecule has 3 aromatic carbocycles. The van der Waals surface area contributed by atoms with Crippen molar-refractivity contribution in [1.29, 1.82) is 0 Å². The summed E-state index contributed by atoms with van der Waals surface area (Å²) in [7, 11) is 0. The fourth-order valence-electron chi connectivity index (χ4n) is 8.30. The number of nitrogens with one attached hydrogen (secondary N) is 6. The van der Waals surface area contributed by atoms with Crippen molar-refractivity contribution in [3.8, 4) is 0 Å². The van der Waals surface area contributed by atoms with Crippen molar-refractivity contribution < 1.29 is 28.8 Å². The van der Waals surface area contributed by atoms with Crippen LogP contribution in [0.3, 0.4) is 0 Å². The van der Waals surface area contributed by atoms with E-state index in [4.69, 9.17) is 17.2 Å². The van der Waals surface area contributed by atoms with Crippen LogP contribution in [0.2, 0.25) is 0 Å². The van der Waals surface area contributed by atoms with Crippen LogP contribution in [0.4, 0.5) is 17.1 Å². The van der Waals surface area contributed by atoms with Gasteiger partial charge in [-0.1, -0.05) is 36.4 Å². The highest BCUT2D eigenvalue weighted by Gasteiger charge is 2.25. The van der Waals surface area contributed by atoms with E-state index in [0.717, 1.165) is 52.6 Å². The largest absolute Gasteiger partial charge is 0.344 e. The highest BCUT2D eigenvalue weighted by molar-refractivity contribution is 7.08. The van der Waals surface area contributed by atoms with E-state index in [2.05, 4.69) is 31.9 Å². The maximum Gasteiger partial charge on any atom is 0.246 e. The molecule has 15 nitrogen and oxygen atoms in total. The monoisotopic (exact) mass is 1080 g/mol. The number of amides is 6. The van der Waals surface area contributed by atoms with E-state index in [1.807, 2.05) is 123 Å². The molecule has 0 radical (unpaired) electrons. The zero-order valence-corrected chi connectivity index (χ0v) is 44.6. The summed E-state index contributed by atoms with van der Waals surface area (Å²) in [4.78, 5) is 80.1. The van der Waals surface area contributed by atoms with E-state index in [-0.39, 0.29) is 73.0 Å². The Kier molecular flexibility index (Phi) is 24.9. The van der Waals surface area contributed by atoms with Crippen molar-refractivity contribution in [2.75, 3.05) is 35.6 Å². The van der Waals surface area contributed by atoms with Crippen molar-refractivity contribution >= 4 is 98.9 Å². The third-order valence-corrected chi connectivity index (χ3v) is 14.4. The molecule has 0 unspecified atom stereocenters. The maximum atomic E-state index is 13.7. The Labute approximate surface area is 451 Å². The number of halogens is 1. The summed E-state index contributed by atoms with van der Waals surface area (Å²) in [5, 5.41) is 29.2. The second kappa shape index (κ2) is 31.5. The lowest BCUT2D eigenvalue weighted by atomic mass is 9.85. The SMILES string of the molecule is Cl.NCCCC[C@@H](NC(=O)Cc1ccsc1)C(=O)Nc1ccc(C(c2ccc(NC(=O)[C@@H](CCCCN)NC(=O)Cc3ccsc3)cc2)c2ccc(NC(=O)[C@@H](CCCCN)NC(=O)Cc3ccsc3)cc2)cc1. The fourth-order valence-corrected chi connectivity index (χ4v) is 10.3. The molecule has 6 aromatic rings. The third kappa shape index (κ3) is 19.2. The first kappa shape index (κ1) is 58.6. The van der Waals surface area contributed by atoms with Gasteiger partial charge in [0, 0.05) is 23.0 Å². The van der Waals surface area contributed by atoms with Crippen LogP contribution in [-0.2, 0) is 48.0 Å². The number of hydrogen-bond acceptors (Lipinski definition) is 12. The minimum absolute atomic E-state index is 0. The second-order valence-electron chi connectivity index (χ2n) is 17.9. The minimum atomic E-state index is -0.754. The zero-order valence-electron chi connectivity index (χ0n) is 41.4. The summed E-state index contributed by atoms with van der Waals surface area (Å²) < 4.78 is 0. The first-order chi connectivity index (χ1) is 35.5. The Morgan fingerprint density at radius 2 is 0.662 bits per heavy atom. The smallest absolute Gasteiger partial charge is 0.246 e. The first-order valence-electron chi connectivity index (χ1n) is 24.8. The fraction of sp³-hybridized carbons (Fsp3) is 0.345. The Morgan fingerprint density at radius 1 is 0.392 bits per heavy atom. The van der Waals surface area contributed by atoms with Gasteiger partial charge in [-0.05, 0) is 198 Å². The molecule has 394 valence electrons. The molecule has 3 atom stereocenters. The molecule has 0 saturated carbocycles. The molecule has 6 rings (SSSR count). The maximum absolute atomic E-state index is 13.7. The summed E-state index contributed by atoms with van der Waals surface area (Å²) in [6.07, 6.45) is 5.99. The van der Waals surface area contributed by atoms with Gasteiger partial charge in [0.1, 0.15) is 18.1 Å². The number of nitrogens with two attached hydrogens (primary N) is 3. The molecule has 6 amide bonds. The average molecular weight is 1080 g/mol. The van der Waals surface area contributed by atoms with Crippen molar-refractivity contribution in [3.05, 3.63) is 157 Å². The van der Waals surface area contributed by atoms with E-state index in [0.29, 0.717) is 75.2 Å². The number of rotatable bonds is 30. The number of unbranched alkanes of at least 4 members (excludes halogenated alkanes) is 3. The van der Waals surface area contributed by atoms with Gasteiger partial charge in [0.2, 0.25) is 35.4 Å². The predicted octanol–water partition coefficient (Wildman–Crippen LogP) is 7.86. The van der Waals surface area contributed by atoms with Crippen molar-refractivity contribution in [2.45, 2.75) is 101 Å². The van der Waals surface area contributed by atoms with Gasteiger partial charge >= 0.3 is 0 Å². The molecule has 3 aromatic heterocycles. The summed E-state index contributed by atoms with van der Waals surface area (Å²) >= 11 is 4.53. The Balaban J connectivity index is 0.0000101. The molecule has 0 spiro atoms. The normalized spacial score (nSPS) is 12.2. The van der Waals surface area contributed by atoms with Gasteiger partial charge in [-0.25, -0.2) is 0 Å². The quantitative estimate of drug-likeness (QED) is 0.0157. The first-order valence-corrected chi connectivity index (χ1v) is 27.6. The molecule has 19 heteroatoms. The minimum Gasteiger partial charge on any atom is -0.344 e. The Bertz CT molecular complexity index is 2350. The average Bonchev–Trinajstić information content (AvgIpc) is 4.21. The number of carbonyl (C=O) groups is 6. The lowest BCUT2D eigenvalue weighted by Crippen LogP contribution is -2.44. The molecule has 0 aliphatic carbocycles. The van der Waals surface area contributed by atoms with E-state index in [1.165, 1.54) is 34.0 Å². The lowest BCUT2D eigenvalue weighted by molar-refractivity contribution is -0.126. The summed E-state index contributed by atoms with van der Waals surface area (Å²) in [5.41, 5.74) is 24.2. The predicted molar refractivity (Wildman–Crippen MR) is 302 cm³/mol. The molecule has 0 aliphatic rings. The highest BCUT2D eigenvalue weighted by Crippen LogP contribution is 2.34. The molecular weight excluding hydrogens is 1010 g/mol. The van der Waals surface area contributed by atoms with Crippen molar-refractivity contribution in [3.63, 3.8) is 0 Å². The van der Waals surface area contributed by atoms with Crippen molar-refractivity contribution in [2.24, 2.45) is 17.2 Å². The van der Waals surface area contributed by atoms with Crippen LogP contribution in [0, 0.1) is 0 Å². The van der Waals surface area contributed by atoms with Gasteiger partial charge in [-0.15, -0.1) is 12.4 Å². The van der Waals surface area contributed by atoms with E-state index >= 15 is 0 Å². The standard InChI is InChI=1S/C55H67N9O6S3.ClH/c56-25-4-1-7-46(62-49(65)31-37-22-28-71-34-37)53(68)59-43-16-10-40(11-17-43)52(41-12-18-44(19-13-41)60-54(69)47(8-2-5-26-57)63-50(66)32-38-23-29-72-35-38)42-14-20-45(21-15-42)61-55(70)48(9-3-6-27-58)64-51(67)33-39-24-30-73-36-39;/h10-24,28-30,34-36,46-48,52H,1-9,25-27,31-33,56-58H2,(H,59,68)(H,60,69)(H,61,70)(H,62,65)(H,63,66)(H,64,67);1H/t46-,47-,48-;/m1./s1. The molecule has 0 bridgehead atoms. The molecule has 12 N–H and O–H groups in total. The van der Waals surface area contributed by atoms with Gasteiger partial charge < -0.3 is 49.1 Å². The van der Waals surface area contributed by atoms with Gasteiger partial charge in [-0.3, -0.25) is 28.8 Å². The number of hydrogen-bond donors (Lipinski definition) is 9. The second-order valence-corrected chi connectivity index (χ2v) is 20.2. The number of carbonyl (C=O) groups excluding carboxylic acids is 6. The third-order valence-electron chi connectivity index (χ3n) is 12.2. The lowest BCUT2D eigenvalue weighted by Gasteiger charge is -2.22. The summed E-state index contributed by atoms with van der Waals surface area (Å²) in [5.74, 6) is -2.05. The zero-order chi connectivity index (χ0) is 51.8. The Morgan fingerprint density at radius 3 is 0.892 bits per heavy atom. The Hall–Kier alpha value is -6.25. The topological polar surface area (TPSA) is 253 Å². The molecule has 74 heavy (non-hydrogen) atoms. The van der Waals surface area contributed by atoms with Crippen LogP contribution in [0.1, 0.15) is 97.1 Å². The number of anilines is 3. The summed E-state index contributed by atoms with van der Waals surface area (Å²) in [6, 6.07) is 25.9. The van der Waals surface area contributed by atoms with Gasteiger partial charge in [0.15, 0.2) is 0 Å². The van der Waals surface area contributed by atoms with Crippen LogP contribution >= 0.6 is 46.4 Å². The van der Waals surface area contributed by atoms with Crippen molar-refractivity contribution in [1.82, 2.24) is 16.0 Å². The molecule has 0 saturated heterocycles. The molecule has 3 heterocycles. The number of thiophene rings is 3. The summed E-state index contributed by atoms with van der Waals surface area (Å²) in [6.45, 7) is 1.44. The van der Waals surface area contributed by atoms with Crippen LogP contribution in [0.25, 0.3) is 0 Å². The van der Waals surface area contributed by atoms with Crippen LogP contribution < -0.4 is 49.1 Å². The van der Waals surface area contributed by atoms with Crippen LogP contribution in [-0.4, -0.2) is 73.2 Å². The molecular formula is C55H68ClN9O6S3. The van der Waals surface area contributed by atoms with E-state index in [9.17, 15) is 28.8 Å². The van der Waals surface area contributed by atoms with Gasteiger partial charge in [0.05, 0.1) is 19.3 Å². The molecule has 0 fully saturated rings. The van der Waals surface area contributed by atoms with Gasteiger partial charge in [-0.2, -0.15) is 34.0 Å². The number of benzene rings is 3. The van der Waals surface area contributed by atoms with Crippen LogP contribution in [0.5, 0.6) is 0 Å². The van der Waals surface area contributed by atoms with Crippen LogP contribution in [0.15, 0.2) is 123 Å². The van der Waals surface area contributed by atoms with E-state index < -0.39 is 18.1 Å². The highest BCUT2D eigenvalue weighted by atomic mass is 35.5. The van der Waals surface area contributed by atoms with E-state index in [1.54, 1.807) is 0 Å². The van der Waals surface area contributed by atoms with Gasteiger partial charge in [0.25, 0.3) is 0 Å².